The van der Waals surface area contributed by atoms with Gasteiger partial charge in [0.15, 0.2) is 0 Å². The Labute approximate surface area is 116 Å². The van der Waals surface area contributed by atoms with Crippen LogP contribution in [0.2, 0.25) is 0 Å². The summed E-state index contributed by atoms with van der Waals surface area (Å²) in [6.07, 6.45) is 0.478. The molecule has 3 N–H and O–H groups in total. The molecule has 108 valence electrons. The molecule has 0 aromatic carbocycles. The average molecular weight is 306 g/mol. The molecular weight excluding hydrogens is 288 g/mol. The molecule has 1 fully saturated rings. The first-order valence-electron chi connectivity index (χ1n) is 6.09. The minimum atomic E-state index is -3.46. The van der Waals surface area contributed by atoms with E-state index < -0.39 is 10.0 Å². The first kappa shape index (κ1) is 14.9. The van der Waals surface area contributed by atoms with Gasteiger partial charge in [-0.05, 0) is 25.1 Å². The van der Waals surface area contributed by atoms with E-state index in [0.717, 1.165) is 4.88 Å². The second kappa shape index (κ2) is 6.78. The normalized spacial score (nSPS) is 20.6. The Bertz CT molecular complexity index is 495. The van der Waals surface area contributed by atoms with Crippen molar-refractivity contribution in [3.05, 3.63) is 17.0 Å². The van der Waals surface area contributed by atoms with Gasteiger partial charge in [0.2, 0.25) is 10.0 Å². The van der Waals surface area contributed by atoms with E-state index in [1.807, 2.05) is 0 Å². The van der Waals surface area contributed by atoms with Crippen molar-refractivity contribution in [3.63, 3.8) is 0 Å². The molecule has 0 spiro atoms. The second-order valence-electron chi connectivity index (χ2n) is 4.18. The van der Waals surface area contributed by atoms with Crippen molar-refractivity contribution < 1.29 is 17.9 Å². The van der Waals surface area contributed by atoms with E-state index in [9.17, 15) is 8.42 Å². The molecule has 6 nitrogen and oxygen atoms in total. The zero-order valence-electron chi connectivity index (χ0n) is 10.5. The van der Waals surface area contributed by atoms with Crippen molar-refractivity contribution in [1.82, 2.24) is 4.72 Å². The van der Waals surface area contributed by atoms with E-state index in [1.165, 1.54) is 11.3 Å². The summed E-state index contributed by atoms with van der Waals surface area (Å²) in [5.41, 5.74) is 5.45. The molecule has 1 aliphatic heterocycles. The number of sulfonamides is 1. The Morgan fingerprint density at radius 2 is 2.26 bits per heavy atom. The summed E-state index contributed by atoms with van der Waals surface area (Å²) in [6, 6.07) is 3.41. The van der Waals surface area contributed by atoms with Gasteiger partial charge in [-0.2, -0.15) is 0 Å². The molecule has 2 rings (SSSR count). The number of hydrogen-bond acceptors (Lipinski definition) is 6. The first-order valence-corrected chi connectivity index (χ1v) is 8.39. The van der Waals surface area contributed by atoms with Crippen LogP contribution in [0.1, 0.15) is 4.88 Å². The maximum Gasteiger partial charge on any atom is 0.250 e. The lowest BCUT2D eigenvalue weighted by Crippen LogP contribution is -2.39. The molecule has 0 bridgehead atoms. The molecule has 1 aliphatic rings. The Morgan fingerprint density at radius 1 is 1.42 bits per heavy atom. The van der Waals surface area contributed by atoms with Gasteiger partial charge in [-0.3, -0.25) is 0 Å². The van der Waals surface area contributed by atoms with E-state index >= 15 is 0 Å². The molecule has 0 amide bonds. The summed E-state index contributed by atoms with van der Waals surface area (Å²) in [5, 5.41) is 0. The van der Waals surface area contributed by atoms with Gasteiger partial charge in [-0.1, -0.05) is 0 Å². The van der Waals surface area contributed by atoms with Gasteiger partial charge in [-0.15, -0.1) is 11.3 Å². The second-order valence-corrected chi connectivity index (χ2v) is 7.34. The maximum absolute atomic E-state index is 12.1. The minimum absolute atomic E-state index is 0.216. The summed E-state index contributed by atoms with van der Waals surface area (Å²) in [7, 11) is -3.46. The van der Waals surface area contributed by atoms with Crippen LogP contribution in [0.3, 0.4) is 0 Å². The van der Waals surface area contributed by atoms with E-state index in [1.54, 1.807) is 12.1 Å². The quantitative estimate of drug-likeness (QED) is 0.768. The molecule has 19 heavy (non-hydrogen) atoms. The molecular formula is C11H18N2O4S2. The fourth-order valence-corrected chi connectivity index (χ4v) is 4.19. The van der Waals surface area contributed by atoms with Gasteiger partial charge in [0, 0.05) is 11.4 Å². The molecule has 1 saturated heterocycles. The number of hydrogen-bond donors (Lipinski definition) is 2. The van der Waals surface area contributed by atoms with Crippen molar-refractivity contribution in [2.45, 2.75) is 16.7 Å². The number of nitrogens with two attached hydrogens (primary N) is 1. The van der Waals surface area contributed by atoms with Crippen molar-refractivity contribution in [2.75, 3.05) is 32.9 Å². The van der Waals surface area contributed by atoms with Crippen LogP contribution in [-0.4, -0.2) is 47.4 Å². The third-order valence-electron chi connectivity index (χ3n) is 2.68. The number of nitrogens with one attached hydrogen (secondary N) is 1. The van der Waals surface area contributed by atoms with E-state index in [0.29, 0.717) is 37.0 Å². The molecule has 0 saturated carbocycles. The van der Waals surface area contributed by atoms with Crippen molar-refractivity contribution >= 4 is 21.4 Å². The summed E-state index contributed by atoms with van der Waals surface area (Å²) in [6.45, 7) is 2.24. The lowest BCUT2D eigenvalue weighted by Gasteiger charge is -2.22. The minimum Gasteiger partial charge on any atom is -0.376 e. The third-order valence-corrected chi connectivity index (χ3v) is 5.74. The molecule has 1 aromatic heterocycles. The van der Waals surface area contributed by atoms with Gasteiger partial charge in [0.25, 0.3) is 0 Å². The zero-order valence-corrected chi connectivity index (χ0v) is 12.1. The number of thiophene rings is 1. The van der Waals surface area contributed by atoms with Gasteiger partial charge in [0.05, 0.1) is 25.9 Å². The lowest BCUT2D eigenvalue weighted by atomic mass is 10.3. The standard InChI is InChI=1S/C11H18N2O4S2/c12-4-3-10-1-2-11(18-10)19(14,15)13-7-9-8-16-5-6-17-9/h1-2,9,13H,3-8,12H2. The molecule has 1 aromatic rings. The van der Waals surface area contributed by atoms with Crippen LogP contribution in [0.5, 0.6) is 0 Å². The molecule has 0 aliphatic carbocycles. The summed E-state index contributed by atoms with van der Waals surface area (Å²) < 4.78 is 37.6. The largest absolute Gasteiger partial charge is 0.376 e. The Kier molecular flexibility index (Phi) is 5.31. The molecule has 8 heteroatoms. The van der Waals surface area contributed by atoms with E-state index in [4.69, 9.17) is 15.2 Å². The molecule has 1 atom stereocenters. The third kappa shape index (κ3) is 4.23. The topological polar surface area (TPSA) is 90.7 Å². The van der Waals surface area contributed by atoms with Gasteiger partial charge in [-0.25, -0.2) is 13.1 Å². The van der Waals surface area contributed by atoms with Crippen molar-refractivity contribution in [2.24, 2.45) is 5.73 Å². The Hall–Kier alpha value is -0.510. The van der Waals surface area contributed by atoms with Gasteiger partial charge in [0.1, 0.15) is 4.21 Å². The van der Waals surface area contributed by atoms with Gasteiger partial charge < -0.3 is 15.2 Å². The summed E-state index contributed by atoms with van der Waals surface area (Å²) in [5.74, 6) is 0. The number of rotatable bonds is 6. The van der Waals surface area contributed by atoms with Crippen LogP contribution < -0.4 is 10.5 Å². The fourth-order valence-electron chi connectivity index (χ4n) is 1.71. The molecule has 0 radical (unpaired) electrons. The highest BCUT2D eigenvalue weighted by atomic mass is 32.2. The molecule has 1 unspecified atom stereocenters. The average Bonchev–Trinajstić information content (AvgIpc) is 2.88. The van der Waals surface area contributed by atoms with Crippen LogP contribution in [0, 0.1) is 0 Å². The summed E-state index contributed by atoms with van der Waals surface area (Å²) in [4.78, 5) is 0.972. The predicted molar refractivity (Wildman–Crippen MR) is 72.8 cm³/mol. The molecule has 2 heterocycles. The highest BCUT2D eigenvalue weighted by Crippen LogP contribution is 2.21. The highest BCUT2D eigenvalue weighted by Gasteiger charge is 2.20. The number of ether oxygens (including phenoxy) is 2. The SMILES string of the molecule is NCCc1ccc(S(=O)(=O)NCC2COCCO2)s1. The first-order chi connectivity index (χ1) is 9.12. The Balaban J connectivity index is 1.92. The predicted octanol–water partition coefficient (Wildman–Crippen LogP) is -0.0570. The summed E-state index contributed by atoms with van der Waals surface area (Å²) >= 11 is 1.25. The lowest BCUT2D eigenvalue weighted by molar-refractivity contribution is -0.0846. The van der Waals surface area contributed by atoms with Crippen LogP contribution in [-0.2, 0) is 25.9 Å². The monoisotopic (exact) mass is 306 g/mol. The Morgan fingerprint density at radius 3 is 2.95 bits per heavy atom. The van der Waals surface area contributed by atoms with Crippen LogP contribution in [0.4, 0.5) is 0 Å². The van der Waals surface area contributed by atoms with E-state index in [-0.39, 0.29) is 12.6 Å². The van der Waals surface area contributed by atoms with Crippen molar-refractivity contribution in [3.8, 4) is 0 Å². The maximum atomic E-state index is 12.1. The van der Waals surface area contributed by atoms with Crippen molar-refractivity contribution in [1.29, 1.82) is 0 Å². The smallest absolute Gasteiger partial charge is 0.250 e. The fraction of sp³-hybridized carbons (Fsp3) is 0.636. The highest BCUT2D eigenvalue weighted by molar-refractivity contribution is 7.91. The van der Waals surface area contributed by atoms with Crippen LogP contribution in [0.15, 0.2) is 16.3 Å². The van der Waals surface area contributed by atoms with E-state index in [2.05, 4.69) is 4.72 Å². The van der Waals surface area contributed by atoms with Crippen LogP contribution >= 0.6 is 11.3 Å². The zero-order chi connectivity index (χ0) is 13.7. The van der Waals surface area contributed by atoms with Gasteiger partial charge >= 0.3 is 0 Å². The van der Waals surface area contributed by atoms with Crippen LogP contribution in [0.25, 0.3) is 0 Å².